The molecule has 0 saturated carbocycles. The van der Waals surface area contributed by atoms with Gasteiger partial charge in [-0.2, -0.15) is 0 Å². The van der Waals surface area contributed by atoms with Crippen LogP contribution in [0.2, 0.25) is 0 Å². The maximum absolute atomic E-state index is 5.05. The van der Waals surface area contributed by atoms with E-state index in [-0.39, 0.29) is 0 Å². The molecule has 0 radical (unpaired) electrons. The molecule has 0 aliphatic carbocycles. The van der Waals surface area contributed by atoms with Gasteiger partial charge in [-0.05, 0) is 19.4 Å². The Morgan fingerprint density at radius 1 is 1.33 bits per heavy atom. The van der Waals surface area contributed by atoms with Gasteiger partial charge in [0, 0.05) is 10.9 Å². The first-order valence-corrected chi connectivity index (χ1v) is 6.41. The topological polar surface area (TPSA) is 63.8 Å². The number of rotatable bonds is 3. The quantitative estimate of drug-likeness (QED) is 0.784. The molecule has 3 heterocycles. The Morgan fingerprint density at radius 2 is 2.22 bits per heavy atom. The molecule has 3 aromatic heterocycles. The number of hydrogen-bond donors (Lipinski definition) is 1. The van der Waals surface area contributed by atoms with Crippen molar-refractivity contribution in [1.82, 2.24) is 15.1 Å². The number of thiophene rings is 1. The second-order valence-electron chi connectivity index (χ2n) is 4.02. The van der Waals surface area contributed by atoms with Crippen molar-refractivity contribution in [2.75, 3.05) is 5.32 Å². The molecular formula is C12H12N4OS. The minimum atomic E-state index is 0.570. The van der Waals surface area contributed by atoms with Crippen LogP contribution in [0.15, 0.2) is 23.1 Å². The number of fused-ring (bicyclic) bond motifs is 1. The Hall–Kier alpha value is -1.95. The zero-order valence-corrected chi connectivity index (χ0v) is 10.9. The smallest absolute Gasteiger partial charge is 0.155 e. The van der Waals surface area contributed by atoms with Gasteiger partial charge in [0.1, 0.15) is 17.0 Å². The fourth-order valence-electron chi connectivity index (χ4n) is 1.82. The maximum Gasteiger partial charge on any atom is 0.155 e. The fourth-order valence-corrected chi connectivity index (χ4v) is 2.82. The number of anilines is 1. The summed E-state index contributed by atoms with van der Waals surface area (Å²) in [5.74, 6) is 1.63. The summed E-state index contributed by atoms with van der Waals surface area (Å²) in [6, 6.07) is 1.83. The van der Waals surface area contributed by atoms with Crippen molar-refractivity contribution in [1.29, 1.82) is 0 Å². The predicted molar refractivity (Wildman–Crippen MR) is 70.7 cm³/mol. The summed E-state index contributed by atoms with van der Waals surface area (Å²) >= 11 is 1.69. The first-order chi connectivity index (χ1) is 8.75. The summed E-state index contributed by atoms with van der Waals surface area (Å²) in [6.45, 7) is 4.76. The van der Waals surface area contributed by atoms with Crippen LogP contribution in [0.4, 0.5) is 5.82 Å². The van der Waals surface area contributed by atoms with Crippen molar-refractivity contribution in [3.8, 4) is 0 Å². The molecule has 6 heteroatoms. The predicted octanol–water partition coefficient (Wildman–Crippen LogP) is 2.91. The minimum absolute atomic E-state index is 0.570. The van der Waals surface area contributed by atoms with Crippen LogP contribution in [0, 0.1) is 13.8 Å². The molecule has 0 bridgehead atoms. The van der Waals surface area contributed by atoms with Crippen LogP contribution in [0.1, 0.15) is 16.2 Å². The fraction of sp³-hybridized carbons (Fsp3) is 0.250. The SMILES string of the molecule is Cc1sc2ncnc(NCc3ccno3)c2c1C. The third-order valence-electron chi connectivity index (χ3n) is 2.89. The lowest BCUT2D eigenvalue weighted by Crippen LogP contribution is -2.01. The first kappa shape index (κ1) is 11.2. The summed E-state index contributed by atoms with van der Waals surface area (Å²) in [6.07, 6.45) is 3.22. The van der Waals surface area contributed by atoms with Gasteiger partial charge >= 0.3 is 0 Å². The third kappa shape index (κ3) is 1.84. The second kappa shape index (κ2) is 4.38. The normalized spacial score (nSPS) is 11.0. The lowest BCUT2D eigenvalue weighted by atomic mass is 10.2. The van der Waals surface area contributed by atoms with E-state index in [4.69, 9.17) is 4.52 Å². The molecule has 0 aliphatic heterocycles. The van der Waals surface area contributed by atoms with Crippen LogP contribution < -0.4 is 5.32 Å². The van der Waals surface area contributed by atoms with Gasteiger partial charge in [-0.25, -0.2) is 9.97 Å². The van der Waals surface area contributed by atoms with E-state index in [1.807, 2.05) is 6.07 Å². The van der Waals surface area contributed by atoms with Gasteiger partial charge in [-0.3, -0.25) is 0 Å². The highest BCUT2D eigenvalue weighted by atomic mass is 32.1. The third-order valence-corrected chi connectivity index (χ3v) is 4.00. The molecule has 0 atom stereocenters. The van der Waals surface area contributed by atoms with Gasteiger partial charge in [-0.1, -0.05) is 5.16 Å². The Bertz CT molecular complexity index is 675. The zero-order chi connectivity index (χ0) is 12.5. The van der Waals surface area contributed by atoms with Crippen molar-refractivity contribution >= 4 is 27.4 Å². The van der Waals surface area contributed by atoms with Gasteiger partial charge in [0.05, 0.1) is 18.1 Å². The Balaban J connectivity index is 1.96. The molecule has 5 nitrogen and oxygen atoms in total. The highest BCUT2D eigenvalue weighted by Gasteiger charge is 2.11. The molecule has 0 saturated heterocycles. The second-order valence-corrected chi connectivity index (χ2v) is 5.22. The molecular weight excluding hydrogens is 248 g/mol. The van der Waals surface area contributed by atoms with Crippen LogP contribution in [0.25, 0.3) is 10.2 Å². The van der Waals surface area contributed by atoms with Crippen LogP contribution in [-0.4, -0.2) is 15.1 Å². The van der Waals surface area contributed by atoms with E-state index in [0.717, 1.165) is 21.8 Å². The monoisotopic (exact) mass is 260 g/mol. The molecule has 3 rings (SSSR count). The molecule has 0 aromatic carbocycles. The van der Waals surface area contributed by atoms with Crippen molar-refractivity contribution in [2.24, 2.45) is 0 Å². The number of nitrogens with one attached hydrogen (secondary N) is 1. The Morgan fingerprint density at radius 3 is 3.00 bits per heavy atom. The number of aryl methyl sites for hydroxylation is 2. The zero-order valence-electron chi connectivity index (χ0n) is 10.1. The average Bonchev–Trinajstić information content (AvgIpc) is 2.97. The van der Waals surface area contributed by atoms with E-state index in [1.165, 1.54) is 10.4 Å². The van der Waals surface area contributed by atoms with Crippen LogP contribution in [0.5, 0.6) is 0 Å². The van der Waals surface area contributed by atoms with Gasteiger partial charge < -0.3 is 9.84 Å². The number of aromatic nitrogens is 3. The highest BCUT2D eigenvalue weighted by Crippen LogP contribution is 2.32. The average molecular weight is 260 g/mol. The van der Waals surface area contributed by atoms with E-state index in [1.54, 1.807) is 23.9 Å². The van der Waals surface area contributed by atoms with Gasteiger partial charge in [0.2, 0.25) is 0 Å². The van der Waals surface area contributed by atoms with Gasteiger partial charge in [0.15, 0.2) is 5.76 Å². The summed E-state index contributed by atoms with van der Waals surface area (Å²) in [7, 11) is 0. The molecule has 0 aliphatic rings. The number of hydrogen-bond acceptors (Lipinski definition) is 6. The van der Waals surface area contributed by atoms with E-state index in [2.05, 4.69) is 34.3 Å². The summed E-state index contributed by atoms with van der Waals surface area (Å²) < 4.78 is 5.05. The van der Waals surface area contributed by atoms with Crippen molar-refractivity contribution < 1.29 is 4.52 Å². The van der Waals surface area contributed by atoms with Crippen molar-refractivity contribution in [3.05, 3.63) is 34.8 Å². The summed E-state index contributed by atoms with van der Waals surface area (Å²) in [5.41, 5.74) is 1.23. The molecule has 92 valence electrons. The Labute approximate surface area is 108 Å². The van der Waals surface area contributed by atoms with Crippen LogP contribution in [-0.2, 0) is 6.54 Å². The van der Waals surface area contributed by atoms with E-state index < -0.39 is 0 Å². The number of nitrogens with zero attached hydrogens (tertiary/aromatic N) is 3. The Kier molecular flexibility index (Phi) is 2.71. The van der Waals surface area contributed by atoms with Gasteiger partial charge in [-0.15, -0.1) is 11.3 Å². The molecule has 0 spiro atoms. The molecule has 0 fully saturated rings. The molecule has 3 aromatic rings. The van der Waals surface area contributed by atoms with Crippen molar-refractivity contribution in [2.45, 2.75) is 20.4 Å². The van der Waals surface area contributed by atoms with Crippen LogP contribution in [0.3, 0.4) is 0 Å². The maximum atomic E-state index is 5.05. The largest absolute Gasteiger partial charge is 0.362 e. The molecule has 1 N–H and O–H groups in total. The van der Waals surface area contributed by atoms with E-state index in [0.29, 0.717) is 6.54 Å². The van der Waals surface area contributed by atoms with Gasteiger partial charge in [0.25, 0.3) is 0 Å². The highest BCUT2D eigenvalue weighted by molar-refractivity contribution is 7.18. The molecule has 0 unspecified atom stereocenters. The lowest BCUT2D eigenvalue weighted by Gasteiger charge is -2.04. The molecule has 18 heavy (non-hydrogen) atoms. The van der Waals surface area contributed by atoms with Crippen LogP contribution >= 0.6 is 11.3 Å². The van der Waals surface area contributed by atoms with E-state index >= 15 is 0 Å². The van der Waals surface area contributed by atoms with Crippen molar-refractivity contribution in [3.63, 3.8) is 0 Å². The lowest BCUT2D eigenvalue weighted by molar-refractivity contribution is 0.388. The standard InChI is InChI=1S/C12H12N4OS/c1-7-8(2)18-12-10(7)11(14-6-15-12)13-5-9-3-4-16-17-9/h3-4,6H,5H2,1-2H3,(H,13,14,15). The molecule has 0 amide bonds. The first-order valence-electron chi connectivity index (χ1n) is 5.60. The minimum Gasteiger partial charge on any atom is -0.362 e. The summed E-state index contributed by atoms with van der Waals surface area (Å²) in [5, 5.41) is 8.04. The summed E-state index contributed by atoms with van der Waals surface area (Å²) in [4.78, 5) is 10.9. The van der Waals surface area contributed by atoms with E-state index in [9.17, 15) is 0 Å².